The zero-order valence-corrected chi connectivity index (χ0v) is 22.2. The summed E-state index contributed by atoms with van der Waals surface area (Å²) >= 11 is 0. The normalized spacial score (nSPS) is 11.9. The molecule has 0 fully saturated rings. The third-order valence-electron chi connectivity index (χ3n) is 5.07. The van der Waals surface area contributed by atoms with Gasteiger partial charge in [-0.1, -0.05) is 47.8 Å². The standard InChI is InChI=1S/C28H47NO4/c1-8-9-18-29(21-27(30)32-19-16-25(6)14-10-12-23(2)3)22-28(31)33-20-17-26(7)15-11-13-24(4)5/h12-13,16-17H,8-11,14-15,18-22H2,1-7H3. The molecular formula is C28H47NO4. The fourth-order valence-electron chi connectivity index (χ4n) is 2.99. The van der Waals surface area contributed by atoms with Crippen LogP contribution in [0.3, 0.4) is 0 Å². The molecular weight excluding hydrogens is 414 g/mol. The number of ether oxygens (including phenoxy) is 2. The number of allylic oxidation sites excluding steroid dienone is 6. The maximum atomic E-state index is 12.3. The molecule has 0 aliphatic carbocycles. The lowest BCUT2D eigenvalue weighted by Gasteiger charge is -2.20. The van der Waals surface area contributed by atoms with Gasteiger partial charge < -0.3 is 9.47 Å². The summed E-state index contributed by atoms with van der Waals surface area (Å²) in [6.45, 7) is 15.9. The van der Waals surface area contributed by atoms with E-state index in [-0.39, 0.29) is 38.2 Å². The van der Waals surface area contributed by atoms with Gasteiger partial charge in [0.05, 0.1) is 13.1 Å². The van der Waals surface area contributed by atoms with Crippen LogP contribution in [0.1, 0.15) is 87.0 Å². The Labute approximate surface area is 202 Å². The van der Waals surface area contributed by atoms with Crippen molar-refractivity contribution in [1.29, 1.82) is 0 Å². The van der Waals surface area contributed by atoms with Gasteiger partial charge in [0, 0.05) is 0 Å². The Bertz CT molecular complexity index is 637. The highest BCUT2D eigenvalue weighted by Gasteiger charge is 2.15. The summed E-state index contributed by atoms with van der Waals surface area (Å²) in [6, 6.07) is 0. The van der Waals surface area contributed by atoms with Crippen LogP contribution in [0.25, 0.3) is 0 Å². The number of unbranched alkanes of at least 4 members (excludes halogenated alkanes) is 1. The van der Waals surface area contributed by atoms with Gasteiger partial charge in [0.1, 0.15) is 13.2 Å². The van der Waals surface area contributed by atoms with Gasteiger partial charge in [0.25, 0.3) is 0 Å². The molecule has 5 nitrogen and oxygen atoms in total. The Balaban J connectivity index is 4.46. The van der Waals surface area contributed by atoms with Gasteiger partial charge in [-0.3, -0.25) is 14.5 Å². The van der Waals surface area contributed by atoms with Crippen LogP contribution in [-0.4, -0.2) is 49.7 Å². The van der Waals surface area contributed by atoms with E-state index in [4.69, 9.17) is 9.47 Å². The first-order valence-electron chi connectivity index (χ1n) is 12.3. The maximum absolute atomic E-state index is 12.3. The van der Waals surface area contributed by atoms with Crippen LogP contribution in [0.2, 0.25) is 0 Å². The second-order valence-electron chi connectivity index (χ2n) is 9.17. The lowest BCUT2D eigenvalue weighted by atomic mass is 10.1. The smallest absolute Gasteiger partial charge is 0.320 e. The second kappa shape index (κ2) is 19.3. The Morgan fingerprint density at radius 2 is 1.12 bits per heavy atom. The van der Waals surface area contributed by atoms with Crippen molar-refractivity contribution in [2.45, 2.75) is 87.0 Å². The van der Waals surface area contributed by atoms with Gasteiger partial charge in [-0.2, -0.15) is 0 Å². The minimum atomic E-state index is -0.317. The van der Waals surface area contributed by atoms with Crippen LogP contribution in [0, 0.1) is 0 Å². The van der Waals surface area contributed by atoms with E-state index in [0.29, 0.717) is 6.54 Å². The van der Waals surface area contributed by atoms with Crippen LogP contribution in [-0.2, 0) is 19.1 Å². The van der Waals surface area contributed by atoms with E-state index in [1.807, 2.05) is 30.9 Å². The highest BCUT2D eigenvalue weighted by atomic mass is 16.5. The highest BCUT2D eigenvalue weighted by Crippen LogP contribution is 2.08. The van der Waals surface area contributed by atoms with Crippen molar-refractivity contribution < 1.29 is 19.1 Å². The molecule has 188 valence electrons. The summed E-state index contributed by atoms with van der Waals surface area (Å²) in [6.07, 6.45) is 14.1. The van der Waals surface area contributed by atoms with Gasteiger partial charge in [-0.25, -0.2) is 0 Å². The number of esters is 2. The van der Waals surface area contributed by atoms with Crippen molar-refractivity contribution in [3.8, 4) is 0 Å². The van der Waals surface area contributed by atoms with Crippen molar-refractivity contribution in [3.63, 3.8) is 0 Å². The number of nitrogens with zero attached hydrogens (tertiary/aromatic N) is 1. The zero-order valence-electron chi connectivity index (χ0n) is 22.2. The topological polar surface area (TPSA) is 55.8 Å². The van der Waals surface area contributed by atoms with Crippen molar-refractivity contribution in [2.75, 3.05) is 32.8 Å². The van der Waals surface area contributed by atoms with Crippen LogP contribution < -0.4 is 0 Å². The molecule has 0 saturated carbocycles. The first-order chi connectivity index (χ1) is 15.6. The number of carbonyl (C=O) groups excluding carboxylic acids is 2. The predicted molar refractivity (Wildman–Crippen MR) is 138 cm³/mol. The Morgan fingerprint density at radius 1 is 0.697 bits per heavy atom. The fourth-order valence-corrected chi connectivity index (χ4v) is 2.99. The van der Waals surface area contributed by atoms with Crippen molar-refractivity contribution in [3.05, 3.63) is 46.6 Å². The van der Waals surface area contributed by atoms with E-state index in [2.05, 4.69) is 46.8 Å². The average Bonchev–Trinajstić information content (AvgIpc) is 2.71. The molecule has 0 bridgehead atoms. The first-order valence-corrected chi connectivity index (χ1v) is 12.3. The largest absolute Gasteiger partial charge is 0.460 e. The monoisotopic (exact) mass is 461 g/mol. The van der Waals surface area contributed by atoms with Crippen LogP contribution in [0.15, 0.2) is 46.6 Å². The highest BCUT2D eigenvalue weighted by molar-refractivity contribution is 5.75. The van der Waals surface area contributed by atoms with Crippen molar-refractivity contribution in [1.82, 2.24) is 4.90 Å². The minimum Gasteiger partial charge on any atom is -0.460 e. The molecule has 0 aromatic rings. The maximum Gasteiger partial charge on any atom is 0.320 e. The molecule has 33 heavy (non-hydrogen) atoms. The number of rotatable bonds is 17. The number of hydrogen-bond acceptors (Lipinski definition) is 5. The number of hydrogen-bond donors (Lipinski definition) is 0. The molecule has 0 spiro atoms. The molecule has 0 amide bonds. The molecule has 0 atom stereocenters. The quantitative estimate of drug-likeness (QED) is 0.181. The van der Waals surface area contributed by atoms with E-state index < -0.39 is 0 Å². The van der Waals surface area contributed by atoms with E-state index in [1.54, 1.807) is 0 Å². The molecule has 0 aromatic carbocycles. The zero-order chi connectivity index (χ0) is 25.1. The second-order valence-corrected chi connectivity index (χ2v) is 9.17. The van der Waals surface area contributed by atoms with Gasteiger partial charge in [-0.15, -0.1) is 0 Å². The molecule has 5 heteroatoms. The Morgan fingerprint density at radius 3 is 1.48 bits per heavy atom. The summed E-state index contributed by atoms with van der Waals surface area (Å²) in [5.41, 5.74) is 5.03. The molecule has 0 unspecified atom stereocenters. The van der Waals surface area contributed by atoms with Gasteiger partial charge in [-0.05, 0) is 92.3 Å². The van der Waals surface area contributed by atoms with E-state index in [9.17, 15) is 9.59 Å². The molecule has 0 aliphatic heterocycles. The van der Waals surface area contributed by atoms with E-state index >= 15 is 0 Å². The average molecular weight is 462 g/mol. The van der Waals surface area contributed by atoms with E-state index in [1.165, 1.54) is 22.3 Å². The van der Waals surface area contributed by atoms with Crippen molar-refractivity contribution in [2.24, 2.45) is 0 Å². The third kappa shape index (κ3) is 20.2. The fraction of sp³-hybridized carbons (Fsp3) is 0.643. The summed E-state index contributed by atoms with van der Waals surface area (Å²) in [5.74, 6) is -0.635. The van der Waals surface area contributed by atoms with Gasteiger partial charge >= 0.3 is 11.9 Å². The molecule has 0 rings (SSSR count). The molecule has 0 aromatic heterocycles. The summed E-state index contributed by atoms with van der Waals surface area (Å²) < 4.78 is 10.7. The molecule has 0 saturated heterocycles. The van der Waals surface area contributed by atoms with E-state index in [0.717, 1.165) is 38.5 Å². The van der Waals surface area contributed by atoms with Crippen molar-refractivity contribution >= 4 is 11.9 Å². The van der Waals surface area contributed by atoms with Crippen LogP contribution in [0.5, 0.6) is 0 Å². The predicted octanol–water partition coefficient (Wildman–Crippen LogP) is 6.56. The third-order valence-corrected chi connectivity index (χ3v) is 5.07. The lowest BCUT2D eigenvalue weighted by Crippen LogP contribution is -2.36. The molecule has 0 radical (unpaired) electrons. The first kappa shape index (κ1) is 30.9. The Kier molecular flexibility index (Phi) is 18.1. The summed E-state index contributed by atoms with van der Waals surface area (Å²) in [4.78, 5) is 26.3. The summed E-state index contributed by atoms with van der Waals surface area (Å²) in [5, 5.41) is 0. The molecule has 0 N–H and O–H groups in total. The lowest BCUT2D eigenvalue weighted by molar-refractivity contribution is -0.147. The SMILES string of the molecule is CCCCN(CC(=O)OCC=C(C)CCC=C(C)C)CC(=O)OCC=C(C)CCC=C(C)C. The van der Waals surface area contributed by atoms with Gasteiger partial charge in [0.2, 0.25) is 0 Å². The Hall–Kier alpha value is -2.14. The van der Waals surface area contributed by atoms with Gasteiger partial charge in [0.15, 0.2) is 0 Å². The van der Waals surface area contributed by atoms with Crippen LogP contribution >= 0.6 is 0 Å². The molecule has 0 aliphatic rings. The summed E-state index contributed by atoms with van der Waals surface area (Å²) in [7, 11) is 0. The number of carbonyl (C=O) groups is 2. The van der Waals surface area contributed by atoms with Crippen LogP contribution in [0.4, 0.5) is 0 Å². The molecule has 0 heterocycles. The minimum absolute atomic E-state index is 0.0946.